The Morgan fingerprint density at radius 1 is 1.56 bits per heavy atom. The summed E-state index contributed by atoms with van der Waals surface area (Å²) in [6.07, 6.45) is -0.152. The lowest BCUT2D eigenvalue weighted by Crippen LogP contribution is -2.31. The van der Waals surface area contributed by atoms with Gasteiger partial charge in [0.15, 0.2) is 11.5 Å². The molecule has 0 radical (unpaired) electrons. The van der Waals surface area contributed by atoms with Gasteiger partial charge in [-0.25, -0.2) is 0 Å². The number of esters is 1. The van der Waals surface area contributed by atoms with Crippen LogP contribution in [0.2, 0.25) is 5.02 Å². The van der Waals surface area contributed by atoms with Gasteiger partial charge in [-0.05, 0) is 12.1 Å². The van der Waals surface area contributed by atoms with Crippen LogP contribution in [0.15, 0.2) is 18.2 Å². The topological polar surface area (TPSA) is 44.8 Å². The minimum atomic E-state index is -0.321. The molecule has 86 valence electrons. The molecule has 0 amide bonds. The molecule has 0 unspecified atom stereocenters. The van der Waals surface area contributed by atoms with Gasteiger partial charge in [0.25, 0.3) is 0 Å². The van der Waals surface area contributed by atoms with Crippen LogP contribution in [-0.2, 0) is 9.53 Å². The molecule has 0 N–H and O–H groups in total. The molecule has 0 bridgehead atoms. The Bertz CT molecular complexity index is 405. The summed E-state index contributed by atoms with van der Waals surface area (Å²) in [5.41, 5.74) is 0. The summed E-state index contributed by atoms with van der Waals surface area (Å²) in [6.45, 7) is 0.337. The first-order valence-corrected chi connectivity index (χ1v) is 5.22. The highest BCUT2D eigenvalue weighted by molar-refractivity contribution is 6.30. The number of hydrogen-bond acceptors (Lipinski definition) is 4. The molecule has 1 aromatic rings. The fourth-order valence-corrected chi connectivity index (χ4v) is 1.62. The summed E-state index contributed by atoms with van der Waals surface area (Å²) in [7, 11) is 1.34. The summed E-state index contributed by atoms with van der Waals surface area (Å²) < 4.78 is 15.6. The van der Waals surface area contributed by atoms with Crippen LogP contribution in [0.3, 0.4) is 0 Å². The van der Waals surface area contributed by atoms with Crippen LogP contribution in [0.5, 0.6) is 11.5 Å². The molecule has 1 aromatic carbocycles. The van der Waals surface area contributed by atoms with Crippen LogP contribution < -0.4 is 9.47 Å². The van der Waals surface area contributed by atoms with Crippen LogP contribution in [0, 0.1) is 0 Å². The van der Waals surface area contributed by atoms with Gasteiger partial charge in [0.2, 0.25) is 0 Å². The molecule has 16 heavy (non-hydrogen) atoms. The Labute approximate surface area is 98.1 Å². The summed E-state index contributed by atoms with van der Waals surface area (Å²) in [5, 5.41) is 0.570. The Morgan fingerprint density at radius 2 is 2.38 bits per heavy atom. The molecular weight excluding hydrogens is 232 g/mol. The monoisotopic (exact) mass is 242 g/mol. The lowest BCUT2D eigenvalue weighted by atomic mass is 10.2. The molecule has 1 atom stereocenters. The van der Waals surface area contributed by atoms with Crippen molar-refractivity contribution in [3.05, 3.63) is 23.2 Å². The number of rotatable bonds is 2. The number of benzene rings is 1. The van der Waals surface area contributed by atoms with Gasteiger partial charge in [-0.15, -0.1) is 0 Å². The Morgan fingerprint density at radius 3 is 3.12 bits per heavy atom. The zero-order chi connectivity index (χ0) is 11.5. The van der Waals surface area contributed by atoms with Crippen molar-refractivity contribution in [3.63, 3.8) is 0 Å². The molecule has 0 fully saturated rings. The minimum absolute atomic E-state index is 0.169. The number of carbonyl (C=O) groups excluding carboxylic acids is 1. The second-order valence-corrected chi connectivity index (χ2v) is 3.86. The van der Waals surface area contributed by atoms with Gasteiger partial charge in [-0.2, -0.15) is 0 Å². The number of carbonyl (C=O) groups is 1. The Kier molecular flexibility index (Phi) is 3.19. The molecule has 0 aromatic heterocycles. The number of halogens is 1. The van der Waals surface area contributed by atoms with Crippen LogP contribution in [0.4, 0.5) is 0 Å². The zero-order valence-corrected chi connectivity index (χ0v) is 9.49. The average molecular weight is 243 g/mol. The normalized spacial score (nSPS) is 18.0. The van der Waals surface area contributed by atoms with Crippen molar-refractivity contribution >= 4 is 17.6 Å². The quantitative estimate of drug-likeness (QED) is 0.745. The summed E-state index contributed by atoms with van der Waals surface area (Å²) >= 11 is 5.83. The lowest BCUT2D eigenvalue weighted by molar-refractivity contribution is -0.143. The Hall–Kier alpha value is -1.42. The third-order valence-electron chi connectivity index (χ3n) is 2.25. The largest absolute Gasteiger partial charge is 0.486 e. The van der Waals surface area contributed by atoms with E-state index >= 15 is 0 Å². The molecule has 1 aliphatic heterocycles. The van der Waals surface area contributed by atoms with Gasteiger partial charge in [0.05, 0.1) is 13.5 Å². The van der Waals surface area contributed by atoms with Crippen LogP contribution in [-0.4, -0.2) is 25.8 Å². The van der Waals surface area contributed by atoms with Crippen LogP contribution in [0.25, 0.3) is 0 Å². The third kappa shape index (κ3) is 2.39. The predicted octanol–water partition coefficient (Wildman–Crippen LogP) is 2.04. The van der Waals surface area contributed by atoms with E-state index in [1.165, 1.54) is 7.11 Å². The van der Waals surface area contributed by atoms with E-state index in [2.05, 4.69) is 4.74 Å². The fraction of sp³-hybridized carbons (Fsp3) is 0.364. The number of methoxy groups -OCH3 is 1. The molecule has 2 rings (SSSR count). The molecule has 0 aliphatic carbocycles. The number of fused-ring (bicyclic) bond motifs is 1. The van der Waals surface area contributed by atoms with E-state index in [-0.39, 0.29) is 18.5 Å². The summed E-state index contributed by atoms with van der Waals surface area (Å²) in [5.74, 6) is 0.886. The van der Waals surface area contributed by atoms with Crippen molar-refractivity contribution in [2.45, 2.75) is 12.5 Å². The van der Waals surface area contributed by atoms with E-state index in [4.69, 9.17) is 21.1 Å². The molecule has 1 aliphatic rings. The van der Waals surface area contributed by atoms with Gasteiger partial charge in [-0.3, -0.25) is 4.79 Å². The van der Waals surface area contributed by atoms with Crippen molar-refractivity contribution in [2.24, 2.45) is 0 Å². The molecule has 1 heterocycles. The van der Waals surface area contributed by atoms with E-state index < -0.39 is 0 Å². The fourth-order valence-electron chi connectivity index (χ4n) is 1.46. The maximum Gasteiger partial charge on any atom is 0.309 e. The molecule has 0 saturated carbocycles. The van der Waals surface area contributed by atoms with E-state index in [0.29, 0.717) is 23.1 Å². The molecule has 0 spiro atoms. The van der Waals surface area contributed by atoms with E-state index in [1.54, 1.807) is 18.2 Å². The highest BCUT2D eigenvalue weighted by Crippen LogP contribution is 2.34. The van der Waals surface area contributed by atoms with E-state index in [0.717, 1.165) is 0 Å². The van der Waals surface area contributed by atoms with Crippen molar-refractivity contribution in [1.82, 2.24) is 0 Å². The molecular formula is C11H11ClO4. The molecule has 5 heteroatoms. The van der Waals surface area contributed by atoms with Gasteiger partial charge in [0.1, 0.15) is 12.7 Å². The number of ether oxygens (including phenoxy) is 3. The van der Waals surface area contributed by atoms with Crippen molar-refractivity contribution < 1.29 is 19.0 Å². The van der Waals surface area contributed by atoms with Gasteiger partial charge in [0, 0.05) is 11.1 Å². The lowest BCUT2D eigenvalue weighted by Gasteiger charge is -2.25. The Balaban J connectivity index is 2.08. The standard InChI is InChI=1S/C11H11ClO4/c1-14-11(13)5-8-6-15-9-3-2-7(12)4-10(9)16-8/h2-4,8H,5-6H2,1H3/t8-/m1/s1. The molecule has 4 nitrogen and oxygen atoms in total. The second kappa shape index (κ2) is 4.61. The van der Waals surface area contributed by atoms with Crippen molar-refractivity contribution in [2.75, 3.05) is 13.7 Å². The number of hydrogen-bond donors (Lipinski definition) is 0. The van der Waals surface area contributed by atoms with Crippen molar-refractivity contribution in [1.29, 1.82) is 0 Å². The van der Waals surface area contributed by atoms with Crippen molar-refractivity contribution in [3.8, 4) is 11.5 Å². The molecule has 0 saturated heterocycles. The smallest absolute Gasteiger partial charge is 0.309 e. The first-order valence-electron chi connectivity index (χ1n) is 4.85. The maximum absolute atomic E-state index is 11.1. The zero-order valence-electron chi connectivity index (χ0n) is 8.73. The van der Waals surface area contributed by atoms with Crippen LogP contribution in [0.1, 0.15) is 6.42 Å². The van der Waals surface area contributed by atoms with Crippen LogP contribution >= 0.6 is 11.6 Å². The highest BCUT2D eigenvalue weighted by Gasteiger charge is 2.23. The second-order valence-electron chi connectivity index (χ2n) is 3.42. The third-order valence-corrected chi connectivity index (χ3v) is 2.48. The first-order chi connectivity index (χ1) is 7.69. The van der Waals surface area contributed by atoms with Gasteiger partial charge < -0.3 is 14.2 Å². The first kappa shape index (κ1) is 11.1. The average Bonchev–Trinajstić information content (AvgIpc) is 2.28. The van der Waals surface area contributed by atoms with Gasteiger partial charge in [-0.1, -0.05) is 11.6 Å². The van der Waals surface area contributed by atoms with E-state index in [9.17, 15) is 4.79 Å². The predicted molar refractivity (Wildman–Crippen MR) is 58.0 cm³/mol. The van der Waals surface area contributed by atoms with Gasteiger partial charge >= 0.3 is 5.97 Å². The highest BCUT2D eigenvalue weighted by atomic mass is 35.5. The summed E-state index contributed by atoms with van der Waals surface area (Å²) in [6, 6.07) is 5.14. The summed E-state index contributed by atoms with van der Waals surface area (Å²) in [4.78, 5) is 11.1. The SMILES string of the molecule is COC(=O)C[C@@H]1COc2ccc(Cl)cc2O1. The minimum Gasteiger partial charge on any atom is -0.486 e. The maximum atomic E-state index is 11.1. The van der Waals surface area contributed by atoms with E-state index in [1.807, 2.05) is 0 Å².